The summed E-state index contributed by atoms with van der Waals surface area (Å²) in [5.74, 6) is 0.153. The number of halogens is 1. The summed E-state index contributed by atoms with van der Waals surface area (Å²) in [7, 11) is 0. The maximum Gasteiger partial charge on any atom is 0.249 e. The average Bonchev–Trinajstić information content (AvgIpc) is 3.09. The first-order valence-electron chi connectivity index (χ1n) is 6.36. The van der Waals surface area contributed by atoms with Crippen LogP contribution < -0.4 is 5.32 Å². The van der Waals surface area contributed by atoms with Gasteiger partial charge in [0.25, 0.3) is 0 Å². The fourth-order valence-corrected chi connectivity index (χ4v) is 2.81. The summed E-state index contributed by atoms with van der Waals surface area (Å²) >= 11 is 5.81. The van der Waals surface area contributed by atoms with Crippen molar-refractivity contribution in [2.75, 3.05) is 6.54 Å². The smallest absolute Gasteiger partial charge is 0.249 e. The largest absolute Gasteiger partial charge is 0.340 e. The normalized spacial score (nSPS) is 32.4. The zero-order chi connectivity index (χ0) is 13.5. The van der Waals surface area contributed by atoms with E-state index in [9.17, 15) is 9.59 Å². The molecule has 0 bridgehead atoms. The van der Waals surface area contributed by atoms with Gasteiger partial charge in [0.15, 0.2) is 0 Å². The minimum atomic E-state index is -0.755. The molecule has 0 aromatic rings. The van der Waals surface area contributed by atoms with E-state index in [0.29, 0.717) is 11.5 Å². The number of carbonyl (C=O) groups is 2. The van der Waals surface area contributed by atoms with Crippen LogP contribution >= 0.6 is 11.6 Å². The third-order valence-corrected chi connectivity index (χ3v) is 4.01. The van der Waals surface area contributed by atoms with Crippen LogP contribution in [0.3, 0.4) is 0 Å². The second-order valence-electron chi connectivity index (χ2n) is 5.34. The monoisotopic (exact) mass is 270 g/mol. The van der Waals surface area contributed by atoms with Gasteiger partial charge < -0.3 is 10.2 Å². The quantitative estimate of drug-likeness (QED) is 0.844. The van der Waals surface area contributed by atoms with Crippen molar-refractivity contribution in [1.29, 1.82) is 0 Å². The van der Waals surface area contributed by atoms with Crippen molar-refractivity contribution in [3.05, 3.63) is 11.6 Å². The lowest BCUT2D eigenvalue weighted by Crippen LogP contribution is -2.70. The van der Waals surface area contributed by atoms with E-state index in [0.717, 1.165) is 12.8 Å². The molecule has 2 fully saturated rings. The van der Waals surface area contributed by atoms with Crippen molar-refractivity contribution in [3.63, 3.8) is 0 Å². The molecule has 2 rings (SSSR count). The number of nitrogens with one attached hydrogen (secondary N) is 1. The Morgan fingerprint density at radius 1 is 1.56 bits per heavy atom. The van der Waals surface area contributed by atoms with Crippen LogP contribution in [-0.4, -0.2) is 34.8 Å². The molecule has 4 nitrogen and oxygen atoms in total. The van der Waals surface area contributed by atoms with Crippen LogP contribution in [0.15, 0.2) is 11.6 Å². The molecule has 0 radical (unpaired) electrons. The lowest BCUT2D eigenvalue weighted by molar-refractivity contribution is -0.154. The van der Waals surface area contributed by atoms with E-state index in [1.54, 1.807) is 4.90 Å². The van der Waals surface area contributed by atoms with Crippen LogP contribution in [0.5, 0.6) is 0 Å². The van der Waals surface area contributed by atoms with Gasteiger partial charge in [-0.05, 0) is 32.1 Å². The fraction of sp³-hybridized carbons (Fsp3) is 0.692. The molecule has 1 saturated heterocycles. The molecule has 2 unspecified atom stereocenters. The van der Waals surface area contributed by atoms with E-state index in [4.69, 9.17) is 11.6 Å². The summed E-state index contributed by atoms with van der Waals surface area (Å²) in [4.78, 5) is 26.3. The van der Waals surface area contributed by atoms with Gasteiger partial charge in [-0.3, -0.25) is 9.59 Å². The predicted molar refractivity (Wildman–Crippen MR) is 70.1 cm³/mol. The minimum Gasteiger partial charge on any atom is -0.340 e. The number of nitrogens with zero attached hydrogens (tertiary/aromatic N) is 1. The molecule has 2 atom stereocenters. The van der Waals surface area contributed by atoms with Gasteiger partial charge in [0.2, 0.25) is 11.8 Å². The maximum absolute atomic E-state index is 12.6. The Labute approximate surface area is 112 Å². The number of hydrogen-bond acceptors (Lipinski definition) is 2. The van der Waals surface area contributed by atoms with Crippen molar-refractivity contribution in [2.24, 2.45) is 5.92 Å². The van der Waals surface area contributed by atoms with Gasteiger partial charge in [-0.25, -0.2) is 0 Å². The van der Waals surface area contributed by atoms with Gasteiger partial charge in [0.1, 0.15) is 11.6 Å². The Morgan fingerprint density at radius 3 is 2.61 bits per heavy atom. The van der Waals surface area contributed by atoms with Crippen LogP contribution in [0.2, 0.25) is 0 Å². The number of amides is 2. The van der Waals surface area contributed by atoms with Crippen molar-refractivity contribution in [3.8, 4) is 0 Å². The van der Waals surface area contributed by atoms with E-state index in [-0.39, 0.29) is 24.3 Å². The van der Waals surface area contributed by atoms with E-state index in [1.807, 2.05) is 13.8 Å². The Morgan fingerprint density at radius 2 is 2.17 bits per heavy atom. The van der Waals surface area contributed by atoms with Crippen molar-refractivity contribution in [2.45, 2.75) is 44.7 Å². The molecule has 2 aliphatic rings. The zero-order valence-electron chi connectivity index (χ0n) is 10.8. The van der Waals surface area contributed by atoms with E-state index < -0.39 is 11.6 Å². The fourth-order valence-electron chi connectivity index (χ4n) is 2.68. The second kappa shape index (κ2) is 4.57. The first-order chi connectivity index (χ1) is 8.40. The summed E-state index contributed by atoms with van der Waals surface area (Å²) in [6.07, 6.45) is 2.58. The third-order valence-electron chi connectivity index (χ3n) is 3.89. The van der Waals surface area contributed by atoms with E-state index in [2.05, 4.69) is 11.9 Å². The van der Waals surface area contributed by atoms with Crippen LogP contribution in [0.4, 0.5) is 0 Å². The van der Waals surface area contributed by atoms with Gasteiger partial charge >= 0.3 is 0 Å². The average molecular weight is 271 g/mol. The van der Waals surface area contributed by atoms with Gasteiger partial charge in [0.05, 0.1) is 6.54 Å². The lowest BCUT2D eigenvalue weighted by atomic mass is 9.89. The summed E-state index contributed by atoms with van der Waals surface area (Å²) < 4.78 is 0. The molecule has 1 aliphatic carbocycles. The van der Waals surface area contributed by atoms with Crippen LogP contribution in [0.25, 0.3) is 0 Å². The molecule has 18 heavy (non-hydrogen) atoms. The van der Waals surface area contributed by atoms with Crippen molar-refractivity contribution in [1.82, 2.24) is 10.2 Å². The molecule has 100 valence electrons. The summed E-state index contributed by atoms with van der Waals surface area (Å²) in [6.45, 7) is 7.58. The third kappa shape index (κ3) is 2.14. The highest BCUT2D eigenvalue weighted by molar-refractivity contribution is 6.29. The van der Waals surface area contributed by atoms with Crippen molar-refractivity contribution < 1.29 is 9.59 Å². The summed E-state index contributed by atoms with van der Waals surface area (Å²) in [6, 6.07) is -0.431. The number of carbonyl (C=O) groups excluding carboxylic acids is 2. The van der Waals surface area contributed by atoms with E-state index >= 15 is 0 Å². The molecule has 5 heteroatoms. The Kier molecular flexibility index (Phi) is 3.41. The van der Waals surface area contributed by atoms with Gasteiger partial charge in [0, 0.05) is 5.03 Å². The standard InChI is InChI=1S/C13H19ClN2O2/c1-4-10-11(17)15-13(3,9-5-6-9)12(18)16(10)7-8(2)14/h9-10H,2,4-7H2,1,3H3,(H,15,17). The Bertz CT molecular complexity index is 406. The molecule has 1 saturated carbocycles. The molecule has 1 heterocycles. The molecule has 0 aromatic heterocycles. The zero-order valence-corrected chi connectivity index (χ0v) is 11.6. The minimum absolute atomic E-state index is 0.0294. The molecule has 0 spiro atoms. The molecule has 2 amide bonds. The molecular formula is C13H19ClN2O2. The SMILES string of the molecule is C=C(Cl)CN1C(=O)C(C)(C2CC2)NC(=O)C1CC. The highest BCUT2D eigenvalue weighted by atomic mass is 35.5. The van der Waals surface area contributed by atoms with Crippen molar-refractivity contribution >= 4 is 23.4 Å². The van der Waals surface area contributed by atoms with Gasteiger partial charge in [-0.2, -0.15) is 0 Å². The Balaban J connectivity index is 2.28. The van der Waals surface area contributed by atoms with Crippen LogP contribution in [0.1, 0.15) is 33.1 Å². The van der Waals surface area contributed by atoms with Crippen LogP contribution in [0, 0.1) is 5.92 Å². The summed E-state index contributed by atoms with van der Waals surface area (Å²) in [5, 5.41) is 3.29. The molecule has 1 N–H and O–H groups in total. The van der Waals surface area contributed by atoms with Gasteiger partial charge in [-0.1, -0.05) is 25.1 Å². The molecule has 0 aromatic carbocycles. The topological polar surface area (TPSA) is 49.4 Å². The number of hydrogen-bond donors (Lipinski definition) is 1. The highest BCUT2D eigenvalue weighted by Gasteiger charge is 2.54. The van der Waals surface area contributed by atoms with Crippen LogP contribution in [-0.2, 0) is 9.59 Å². The maximum atomic E-state index is 12.6. The molecular weight excluding hydrogens is 252 g/mol. The lowest BCUT2D eigenvalue weighted by Gasteiger charge is -2.44. The second-order valence-corrected chi connectivity index (χ2v) is 5.87. The molecule has 1 aliphatic heterocycles. The summed E-state index contributed by atoms with van der Waals surface area (Å²) in [5.41, 5.74) is -0.755. The first kappa shape index (κ1) is 13.4. The van der Waals surface area contributed by atoms with Gasteiger partial charge in [-0.15, -0.1) is 0 Å². The number of piperazine rings is 1. The predicted octanol–water partition coefficient (Wildman–Crippen LogP) is 1.64. The van der Waals surface area contributed by atoms with E-state index in [1.165, 1.54) is 0 Å². The number of rotatable bonds is 4. The first-order valence-corrected chi connectivity index (χ1v) is 6.74. The highest BCUT2D eigenvalue weighted by Crippen LogP contribution is 2.42. The Hall–Kier alpha value is -1.03.